The van der Waals surface area contributed by atoms with E-state index in [1.54, 1.807) is 0 Å². The Balaban J connectivity index is 1.55. The third-order valence-corrected chi connectivity index (χ3v) is 5.08. The van der Waals surface area contributed by atoms with Crippen LogP contribution in [0.1, 0.15) is 19.8 Å². The van der Waals surface area contributed by atoms with Crippen LogP contribution < -0.4 is 15.5 Å². The Morgan fingerprint density at radius 2 is 2.21 bits per heavy atom. The maximum absolute atomic E-state index is 6.35. The number of anilines is 1. The molecule has 1 aromatic rings. The lowest BCUT2D eigenvalue weighted by molar-refractivity contribution is -0.0971. The van der Waals surface area contributed by atoms with Crippen molar-refractivity contribution in [3.63, 3.8) is 0 Å². The van der Waals surface area contributed by atoms with E-state index in [0.29, 0.717) is 6.04 Å². The molecule has 0 amide bonds. The van der Waals surface area contributed by atoms with E-state index in [2.05, 4.69) is 33.5 Å². The van der Waals surface area contributed by atoms with Gasteiger partial charge >= 0.3 is 0 Å². The van der Waals surface area contributed by atoms with E-state index in [9.17, 15) is 0 Å². The highest BCUT2D eigenvalue weighted by Crippen LogP contribution is 2.28. The molecule has 2 heterocycles. The number of hydrogen-bond donors (Lipinski definition) is 2. The van der Waals surface area contributed by atoms with Gasteiger partial charge in [0, 0.05) is 38.1 Å². The summed E-state index contributed by atoms with van der Waals surface area (Å²) < 4.78 is 5.31. The third-order valence-electron chi connectivity index (χ3n) is 4.76. The van der Waals surface area contributed by atoms with E-state index < -0.39 is 0 Å². The van der Waals surface area contributed by atoms with Crippen molar-refractivity contribution < 1.29 is 4.74 Å². The molecule has 0 radical (unpaired) electrons. The lowest BCUT2D eigenvalue weighted by Crippen LogP contribution is -2.55. The minimum Gasteiger partial charge on any atom is -0.380 e. The first-order valence-corrected chi connectivity index (χ1v) is 9.02. The number of guanidine groups is 1. The summed E-state index contributed by atoms with van der Waals surface area (Å²) in [6.45, 7) is 6.74. The van der Waals surface area contributed by atoms with E-state index >= 15 is 0 Å². The fourth-order valence-corrected chi connectivity index (χ4v) is 3.51. The molecule has 2 aliphatic heterocycles. The van der Waals surface area contributed by atoms with E-state index in [4.69, 9.17) is 16.3 Å². The van der Waals surface area contributed by atoms with Crippen LogP contribution in [0.15, 0.2) is 29.3 Å². The summed E-state index contributed by atoms with van der Waals surface area (Å²) in [6.07, 6.45) is 2.29. The molecule has 3 rings (SSSR count). The number of hydrogen-bond acceptors (Lipinski definition) is 3. The molecular weight excluding hydrogens is 324 g/mol. The molecule has 2 aliphatic rings. The number of piperidine rings is 1. The summed E-state index contributed by atoms with van der Waals surface area (Å²) in [7, 11) is 1.82. The average Bonchev–Trinajstić information content (AvgIpc) is 2.57. The van der Waals surface area contributed by atoms with Gasteiger partial charge in [-0.1, -0.05) is 30.7 Å². The van der Waals surface area contributed by atoms with Crippen LogP contribution in [0, 0.1) is 5.41 Å². The zero-order valence-corrected chi connectivity index (χ0v) is 15.3. The zero-order chi connectivity index (χ0) is 17.0. The van der Waals surface area contributed by atoms with Crippen LogP contribution in [-0.2, 0) is 4.74 Å². The Hall–Kier alpha value is -1.46. The Kier molecular flexibility index (Phi) is 5.51. The Bertz CT molecular complexity index is 588. The molecule has 0 aromatic heterocycles. The molecule has 6 heteroatoms. The first-order valence-electron chi connectivity index (χ1n) is 8.64. The van der Waals surface area contributed by atoms with Gasteiger partial charge in [-0.15, -0.1) is 0 Å². The highest BCUT2D eigenvalue weighted by atomic mass is 35.5. The summed E-state index contributed by atoms with van der Waals surface area (Å²) in [5, 5.41) is 7.82. The molecule has 0 spiro atoms. The first kappa shape index (κ1) is 17.4. The molecule has 1 aromatic carbocycles. The molecule has 132 valence electrons. The van der Waals surface area contributed by atoms with Crippen LogP contribution in [0.3, 0.4) is 0 Å². The topological polar surface area (TPSA) is 48.9 Å². The number of aliphatic imine (C=N–C) groups is 1. The van der Waals surface area contributed by atoms with E-state index in [1.165, 1.54) is 0 Å². The lowest BCUT2D eigenvalue weighted by atomic mass is 9.89. The zero-order valence-electron chi connectivity index (χ0n) is 14.5. The second-order valence-corrected chi connectivity index (χ2v) is 7.52. The lowest BCUT2D eigenvalue weighted by Gasteiger charge is -2.39. The van der Waals surface area contributed by atoms with Crippen molar-refractivity contribution in [2.45, 2.75) is 25.8 Å². The molecule has 0 bridgehead atoms. The van der Waals surface area contributed by atoms with Crippen LogP contribution >= 0.6 is 11.6 Å². The molecule has 5 nitrogen and oxygen atoms in total. The van der Waals surface area contributed by atoms with Gasteiger partial charge in [-0.25, -0.2) is 0 Å². The van der Waals surface area contributed by atoms with Gasteiger partial charge in [0.2, 0.25) is 0 Å². The second-order valence-electron chi connectivity index (χ2n) is 7.11. The molecule has 0 aliphatic carbocycles. The number of rotatable bonds is 4. The maximum Gasteiger partial charge on any atom is 0.191 e. The minimum atomic E-state index is 0.230. The summed E-state index contributed by atoms with van der Waals surface area (Å²) in [4.78, 5) is 6.73. The molecule has 2 N–H and O–H groups in total. The van der Waals surface area contributed by atoms with E-state index in [0.717, 1.165) is 62.4 Å². The van der Waals surface area contributed by atoms with Crippen LogP contribution in [0.4, 0.5) is 5.69 Å². The Morgan fingerprint density at radius 3 is 2.88 bits per heavy atom. The molecule has 2 saturated heterocycles. The van der Waals surface area contributed by atoms with E-state index in [1.807, 2.05) is 25.2 Å². The summed E-state index contributed by atoms with van der Waals surface area (Å²) >= 11 is 6.35. The van der Waals surface area contributed by atoms with Gasteiger partial charge in [0.15, 0.2) is 5.96 Å². The van der Waals surface area contributed by atoms with Gasteiger partial charge in [0.1, 0.15) is 0 Å². The quantitative estimate of drug-likeness (QED) is 0.647. The number of benzene rings is 1. The monoisotopic (exact) mass is 350 g/mol. The van der Waals surface area contributed by atoms with Crippen LogP contribution in [0.25, 0.3) is 0 Å². The van der Waals surface area contributed by atoms with Crippen molar-refractivity contribution in [3.05, 3.63) is 29.3 Å². The molecule has 2 fully saturated rings. The molecule has 0 saturated carbocycles. The molecule has 1 unspecified atom stereocenters. The number of nitrogens with zero attached hydrogens (tertiary/aromatic N) is 2. The van der Waals surface area contributed by atoms with Crippen LogP contribution in [-0.4, -0.2) is 51.9 Å². The first-order chi connectivity index (χ1) is 11.6. The van der Waals surface area contributed by atoms with Crippen molar-refractivity contribution in [1.29, 1.82) is 0 Å². The van der Waals surface area contributed by atoms with E-state index in [-0.39, 0.29) is 5.41 Å². The summed E-state index contributed by atoms with van der Waals surface area (Å²) in [5.74, 6) is 0.870. The largest absolute Gasteiger partial charge is 0.380 e. The van der Waals surface area contributed by atoms with Gasteiger partial charge in [0.05, 0.1) is 23.9 Å². The van der Waals surface area contributed by atoms with Crippen molar-refractivity contribution in [2.24, 2.45) is 10.4 Å². The third kappa shape index (κ3) is 4.14. The minimum absolute atomic E-state index is 0.230. The van der Waals surface area contributed by atoms with Crippen LogP contribution in [0.2, 0.25) is 5.02 Å². The maximum atomic E-state index is 6.35. The van der Waals surface area contributed by atoms with Crippen molar-refractivity contribution >= 4 is 23.2 Å². The molecule has 24 heavy (non-hydrogen) atoms. The second kappa shape index (κ2) is 7.62. The van der Waals surface area contributed by atoms with Crippen molar-refractivity contribution in [1.82, 2.24) is 10.6 Å². The van der Waals surface area contributed by atoms with Crippen molar-refractivity contribution in [3.8, 4) is 0 Å². The highest BCUT2D eigenvalue weighted by Gasteiger charge is 2.33. The number of nitrogens with one attached hydrogen (secondary N) is 2. The predicted molar refractivity (Wildman–Crippen MR) is 100 cm³/mol. The average molecular weight is 351 g/mol. The predicted octanol–water partition coefficient (Wildman–Crippen LogP) is 2.51. The number of halogens is 1. The number of para-hydroxylation sites is 1. The molecule has 1 atom stereocenters. The fraction of sp³-hybridized carbons (Fsp3) is 0.611. The summed E-state index contributed by atoms with van der Waals surface area (Å²) in [5.41, 5.74) is 1.35. The number of ether oxygens (including phenoxy) is 1. The van der Waals surface area contributed by atoms with Gasteiger partial charge in [-0.2, -0.15) is 0 Å². The standard InChI is InChI=1S/C18H27ClN4O/c1-18(12-24-13-18)11-21-17(20-2)22-14-6-5-9-23(10-14)16-8-4-3-7-15(16)19/h3-4,7-8,14H,5-6,9-13H2,1-2H3,(H2,20,21,22). The van der Waals surface area contributed by atoms with Crippen molar-refractivity contribution in [2.75, 3.05) is 44.8 Å². The summed E-state index contributed by atoms with van der Waals surface area (Å²) in [6, 6.07) is 8.43. The van der Waals surface area contributed by atoms with Gasteiger partial charge in [0.25, 0.3) is 0 Å². The normalized spacial score (nSPS) is 23.5. The molecular formula is C18H27ClN4O. The van der Waals surface area contributed by atoms with Gasteiger partial charge < -0.3 is 20.3 Å². The Labute approximate surface area is 149 Å². The van der Waals surface area contributed by atoms with Gasteiger partial charge in [-0.3, -0.25) is 4.99 Å². The SMILES string of the molecule is CN=C(NCC1(C)COC1)NC1CCCN(c2ccccc2Cl)C1. The Morgan fingerprint density at radius 1 is 1.42 bits per heavy atom. The highest BCUT2D eigenvalue weighted by molar-refractivity contribution is 6.33. The van der Waals surface area contributed by atoms with Crippen LogP contribution in [0.5, 0.6) is 0 Å². The van der Waals surface area contributed by atoms with Gasteiger partial charge in [-0.05, 0) is 25.0 Å². The smallest absolute Gasteiger partial charge is 0.191 e. The fourth-order valence-electron chi connectivity index (χ4n) is 3.26.